The standard InChI is InChI=1S/C16H24N4/c1-4-9-18-15(12-14-8-6-7-10-17-14)16-11-13(3)19-20(16)5-2/h6-8,10-11,15,18H,4-5,9,12H2,1-3H3. The lowest BCUT2D eigenvalue weighted by Crippen LogP contribution is -2.26. The molecule has 1 unspecified atom stereocenters. The SMILES string of the molecule is CCCNC(Cc1ccccn1)c1cc(C)nn1CC. The van der Waals surface area contributed by atoms with E-state index in [0.717, 1.165) is 37.3 Å². The van der Waals surface area contributed by atoms with Gasteiger partial charge in [-0.1, -0.05) is 13.0 Å². The molecule has 2 aromatic heterocycles. The van der Waals surface area contributed by atoms with Gasteiger partial charge in [-0.2, -0.15) is 5.10 Å². The number of pyridine rings is 1. The maximum Gasteiger partial charge on any atom is 0.0597 e. The van der Waals surface area contributed by atoms with E-state index in [1.165, 1.54) is 5.69 Å². The van der Waals surface area contributed by atoms with Crippen molar-refractivity contribution in [1.29, 1.82) is 0 Å². The quantitative estimate of drug-likeness (QED) is 0.842. The van der Waals surface area contributed by atoms with Crippen LogP contribution in [0.4, 0.5) is 0 Å². The Hall–Kier alpha value is -1.68. The van der Waals surface area contributed by atoms with Crippen molar-refractivity contribution in [1.82, 2.24) is 20.1 Å². The Kier molecular flexibility index (Phi) is 5.30. The van der Waals surface area contributed by atoms with Crippen LogP contribution in [0, 0.1) is 6.92 Å². The monoisotopic (exact) mass is 272 g/mol. The van der Waals surface area contributed by atoms with Crippen LogP contribution in [0.3, 0.4) is 0 Å². The molecular formula is C16H24N4. The van der Waals surface area contributed by atoms with E-state index in [2.05, 4.69) is 46.1 Å². The zero-order valence-corrected chi connectivity index (χ0v) is 12.6. The maximum absolute atomic E-state index is 4.56. The van der Waals surface area contributed by atoms with Gasteiger partial charge in [0.15, 0.2) is 0 Å². The molecule has 1 atom stereocenters. The Morgan fingerprint density at radius 1 is 1.30 bits per heavy atom. The summed E-state index contributed by atoms with van der Waals surface area (Å²) in [6.45, 7) is 8.27. The number of aryl methyl sites for hydroxylation is 2. The van der Waals surface area contributed by atoms with E-state index in [9.17, 15) is 0 Å². The number of hydrogen-bond acceptors (Lipinski definition) is 3. The van der Waals surface area contributed by atoms with Crippen molar-refractivity contribution < 1.29 is 0 Å². The van der Waals surface area contributed by atoms with Crippen molar-refractivity contribution in [3.8, 4) is 0 Å². The lowest BCUT2D eigenvalue weighted by molar-refractivity contribution is 0.475. The number of rotatable bonds is 7. The van der Waals surface area contributed by atoms with Crippen LogP contribution >= 0.6 is 0 Å². The summed E-state index contributed by atoms with van der Waals surface area (Å²) < 4.78 is 2.09. The molecule has 0 saturated carbocycles. The second-order valence-electron chi connectivity index (χ2n) is 5.06. The van der Waals surface area contributed by atoms with Gasteiger partial charge in [0, 0.05) is 24.9 Å². The lowest BCUT2D eigenvalue weighted by atomic mass is 10.1. The van der Waals surface area contributed by atoms with Crippen LogP contribution in [0.5, 0.6) is 0 Å². The zero-order chi connectivity index (χ0) is 14.4. The van der Waals surface area contributed by atoms with Gasteiger partial charge in [-0.25, -0.2) is 0 Å². The van der Waals surface area contributed by atoms with Crippen molar-refractivity contribution in [2.75, 3.05) is 6.54 Å². The van der Waals surface area contributed by atoms with Crippen molar-refractivity contribution in [3.63, 3.8) is 0 Å². The summed E-state index contributed by atoms with van der Waals surface area (Å²) in [7, 11) is 0. The fourth-order valence-electron chi connectivity index (χ4n) is 2.43. The average Bonchev–Trinajstić information content (AvgIpc) is 2.85. The van der Waals surface area contributed by atoms with Gasteiger partial charge in [0.25, 0.3) is 0 Å². The number of nitrogens with one attached hydrogen (secondary N) is 1. The third-order valence-corrected chi connectivity index (χ3v) is 3.37. The molecule has 0 spiro atoms. The molecule has 108 valence electrons. The average molecular weight is 272 g/mol. The van der Waals surface area contributed by atoms with Crippen LogP contribution in [0.15, 0.2) is 30.5 Å². The predicted molar refractivity (Wildman–Crippen MR) is 81.6 cm³/mol. The molecule has 2 heterocycles. The van der Waals surface area contributed by atoms with Gasteiger partial charge in [-0.3, -0.25) is 9.67 Å². The summed E-state index contributed by atoms with van der Waals surface area (Å²) in [5.41, 5.74) is 3.44. The number of nitrogens with zero attached hydrogens (tertiary/aromatic N) is 3. The molecule has 0 bridgehead atoms. The van der Waals surface area contributed by atoms with Crippen molar-refractivity contribution in [3.05, 3.63) is 47.5 Å². The lowest BCUT2D eigenvalue weighted by Gasteiger charge is -2.19. The fourth-order valence-corrected chi connectivity index (χ4v) is 2.43. The van der Waals surface area contributed by atoms with Gasteiger partial charge in [0.1, 0.15) is 0 Å². The fraction of sp³-hybridized carbons (Fsp3) is 0.500. The van der Waals surface area contributed by atoms with E-state index in [0.29, 0.717) is 0 Å². The molecule has 0 radical (unpaired) electrons. The largest absolute Gasteiger partial charge is 0.308 e. The normalized spacial score (nSPS) is 12.6. The van der Waals surface area contributed by atoms with Crippen LogP contribution in [-0.2, 0) is 13.0 Å². The topological polar surface area (TPSA) is 42.7 Å². The molecule has 2 aromatic rings. The second-order valence-corrected chi connectivity index (χ2v) is 5.06. The highest BCUT2D eigenvalue weighted by Crippen LogP contribution is 2.19. The highest BCUT2D eigenvalue weighted by molar-refractivity contribution is 5.17. The Morgan fingerprint density at radius 3 is 2.80 bits per heavy atom. The molecular weight excluding hydrogens is 248 g/mol. The van der Waals surface area contributed by atoms with Crippen LogP contribution in [0.1, 0.15) is 43.4 Å². The smallest absolute Gasteiger partial charge is 0.0597 e. The Bertz CT molecular complexity index is 519. The van der Waals surface area contributed by atoms with Gasteiger partial charge in [-0.05, 0) is 45.0 Å². The maximum atomic E-state index is 4.56. The van der Waals surface area contributed by atoms with Crippen LogP contribution in [-0.4, -0.2) is 21.3 Å². The highest BCUT2D eigenvalue weighted by Gasteiger charge is 2.17. The van der Waals surface area contributed by atoms with Crippen LogP contribution in [0.2, 0.25) is 0 Å². The summed E-state index contributed by atoms with van der Waals surface area (Å²) in [5, 5.41) is 8.18. The summed E-state index contributed by atoms with van der Waals surface area (Å²) >= 11 is 0. The molecule has 2 rings (SSSR count). The molecule has 0 fully saturated rings. The molecule has 20 heavy (non-hydrogen) atoms. The minimum absolute atomic E-state index is 0.269. The van der Waals surface area contributed by atoms with E-state index in [1.54, 1.807) is 0 Å². The van der Waals surface area contributed by atoms with Crippen LogP contribution < -0.4 is 5.32 Å². The van der Waals surface area contributed by atoms with Gasteiger partial charge in [0.2, 0.25) is 0 Å². The Labute approximate surface area is 121 Å². The molecule has 1 N–H and O–H groups in total. The summed E-state index contributed by atoms with van der Waals surface area (Å²) in [4.78, 5) is 4.44. The van der Waals surface area contributed by atoms with E-state index in [-0.39, 0.29) is 6.04 Å². The first-order chi connectivity index (χ1) is 9.74. The second kappa shape index (κ2) is 7.20. The first kappa shape index (κ1) is 14.7. The Balaban J connectivity index is 2.22. The third-order valence-electron chi connectivity index (χ3n) is 3.37. The molecule has 0 aliphatic heterocycles. The third kappa shape index (κ3) is 3.67. The van der Waals surface area contributed by atoms with E-state index in [4.69, 9.17) is 0 Å². The minimum atomic E-state index is 0.269. The molecule has 4 heteroatoms. The Morgan fingerprint density at radius 2 is 2.15 bits per heavy atom. The van der Waals surface area contributed by atoms with Crippen molar-refractivity contribution in [2.45, 2.75) is 46.2 Å². The van der Waals surface area contributed by atoms with Gasteiger partial charge in [0.05, 0.1) is 17.4 Å². The van der Waals surface area contributed by atoms with E-state index < -0.39 is 0 Å². The predicted octanol–water partition coefficient (Wildman–Crippen LogP) is 2.89. The number of aromatic nitrogens is 3. The first-order valence-electron chi connectivity index (χ1n) is 7.42. The minimum Gasteiger partial charge on any atom is -0.308 e. The molecule has 4 nitrogen and oxygen atoms in total. The highest BCUT2D eigenvalue weighted by atomic mass is 15.3. The molecule has 0 aromatic carbocycles. The van der Waals surface area contributed by atoms with E-state index in [1.807, 2.05) is 25.3 Å². The molecule has 0 aliphatic rings. The number of hydrogen-bond donors (Lipinski definition) is 1. The molecule has 0 amide bonds. The zero-order valence-electron chi connectivity index (χ0n) is 12.6. The van der Waals surface area contributed by atoms with Crippen molar-refractivity contribution >= 4 is 0 Å². The molecule has 0 aliphatic carbocycles. The summed E-state index contributed by atoms with van der Waals surface area (Å²) in [6, 6.07) is 8.53. The van der Waals surface area contributed by atoms with Gasteiger partial charge < -0.3 is 5.32 Å². The summed E-state index contributed by atoms with van der Waals surface area (Å²) in [6.07, 6.45) is 3.87. The van der Waals surface area contributed by atoms with Crippen molar-refractivity contribution in [2.24, 2.45) is 0 Å². The molecule has 0 saturated heterocycles. The van der Waals surface area contributed by atoms with Gasteiger partial charge >= 0.3 is 0 Å². The van der Waals surface area contributed by atoms with Gasteiger partial charge in [-0.15, -0.1) is 0 Å². The summed E-state index contributed by atoms with van der Waals surface area (Å²) in [5.74, 6) is 0. The van der Waals surface area contributed by atoms with Crippen LogP contribution in [0.25, 0.3) is 0 Å². The first-order valence-corrected chi connectivity index (χ1v) is 7.42. The van der Waals surface area contributed by atoms with E-state index >= 15 is 0 Å².